The van der Waals surface area contributed by atoms with E-state index in [4.69, 9.17) is 16.2 Å². The smallest absolute Gasteiger partial charge is 0.338 e. The first-order chi connectivity index (χ1) is 10.5. The van der Waals surface area contributed by atoms with Gasteiger partial charge in [-0.15, -0.1) is 0 Å². The lowest BCUT2D eigenvalue weighted by Gasteiger charge is -2.08. The van der Waals surface area contributed by atoms with Gasteiger partial charge in [-0.3, -0.25) is 0 Å². The Morgan fingerprint density at radius 1 is 1.41 bits per heavy atom. The molecule has 0 saturated carbocycles. The molecule has 0 saturated heterocycles. The number of hydrogen-bond acceptors (Lipinski definition) is 7. The van der Waals surface area contributed by atoms with Gasteiger partial charge in [0.1, 0.15) is 6.04 Å². The molecule has 22 heavy (non-hydrogen) atoms. The highest BCUT2D eigenvalue weighted by atomic mass is 16.6. The van der Waals surface area contributed by atoms with Crippen LogP contribution in [0.25, 0.3) is 6.08 Å². The molecule has 0 unspecified atom stereocenters. The molecular formula is C15H20N2O5. The third-order valence-corrected chi connectivity index (χ3v) is 2.84. The maximum absolute atomic E-state index is 11.5. The summed E-state index contributed by atoms with van der Waals surface area (Å²) < 4.78 is 9.55. The zero-order valence-corrected chi connectivity index (χ0v) is 12.3. The van der Waals surface area contributed by atoms with Gasteiger partial charge >= 0.3 is 11.9 Å². The Kier molecular flexibility index (Phi) is 7.07. The van der Waals surface area contributed by atoms with E-state index < -0.39 is 18.0 Å². The zero-order valence-electron chi connectivity index (χ0n) is 12.3. The summed E-state index contributed by atoms with van der Waals surface area (Å²) in [6.07, 6.45) is 3.47. The van der Waals surface area contributed by atoms with Gasteiger partial charge in [-0.1, -0.05) is 6.07 Å². The van der Waals surface area contributed by atoms with Crippen molar-refractivity contribution in [1.82, 2.24) is 0 Å². The predicted molar refractivity (Wildman–Crippen MR) is 81.1 cm³/mol. The molecule has 0 heterocycles. The van der Waals surface area contributed by atoms with Gasteiger partial charge in [0.05, 0.1) is 7.11 Å². The first-order valence-corrected chi connectivity index (χ1v) is 6.74. The molecule has 0 aliphatic heterocycles. The average molecular weight is 308 g/mol. The van der Waals surface area contributed by atoms with Gasteiger partial charge < -0.3 is 26.0 Å². The molecule has 7 nitrogen and oxygen atoms in total. The van der Waals surface area contributed by atoms with E-state index in [0.29, 0.717) is 24.9 Å². The van der Waals surface area contributed by atoms with Gasteiger partial charge in [0.25, 0.3) is 0 Å². The van der Waals surface area contributed by atoms with E-state index in [9.17, 15) is 14.7 Å². The second kappa shape index (κ2) is 8.81. The van der Waals surface area contributed by atoms with E-state index >= 15 is 0 Å². The predicted octanol–water partition coefficient (Wildman–Crippen LogP) is 0.550. The summed E-state index contributed by atoms with van der Waals surface area (Å²) in [4.78, 5) is 23.1. The molecule has 0 amide bonds. The summed E-state index contributed by atoms with van der Waals surface area (Å²) >= 11 is 0. The Hall–Kier alpha value is -2.38. The standard InChI is InChI=1S/C15H20N2O5/c1-21-13-9-10(4-6-12(13)18)5-7-14(19)22-15(20)11(17)3-2-8-16/h4-7,9,11,18H,2-3,8,16-17H2,1H3/t11-/m1/s1. The van der Waals surface area contributed by atoms with Crippen molar-refractivity contribution in [2.75, 3.05) is 13.7 Å². The van der Waals surface area contributed by atoms with E-state index in [1.165, 1.54) is 25.3 Å². The second-order valence-electron chi connectivity index (χ2n) is 4.54. The number of methoxy groups -OCH3 is 1. The molecule has 0 radical (unpaired) electrons. The van der Waals surface area contributed by atoms with Gasteiger partial charge in [-0.2, -0.15) is 0 Å². The molecule has 1 aromatic rings. The number of hydrogen-bond donors (Lipinski definition) is 3. The molecule has 1 aromatic carbocycles. The largest absolute Gasteiger partial charge is 0.504 e. The Labute approximate surface area is 128 Å². The van der Waals surface area contributed by atoms with Crippen LogP contribution in [-0.2, 0) is 14.3 Å². The van der Waals surface area contributed by atoms with Gasteiger partial charge in [0, 0.05) is 6.08 Å². The van der Waals surface area contributed by atoms with Crippen molar-refractivity contribution in [2.45, 2.75) is 18.9 Å². The van der Waals surface area contributed by atoms with Crippen LogP contribution in [0.1, 0.15) is 18.4 Å². The number of carbonyl (C=O) groups is 2. The number of rotatable bonds is 7. The molecule has 1 atom stereocenters. The first-order valence-electron chi connectivity index (χ1n) is 6.74. The summed E-state index contributed by atoms with van der Waals surface area (Å²) in [5.41, 5.74) is 11.5. The lowest BCUT2D eigenvalue weighted by molar-refractivity contribution is -0.157. The number of aromatic hydroxyl groups is 1. The monoisotopic (exact) mass is 308 g/mol. The summed E-state index contributed by atoms with van der Waals surface area (Å²) in [5.74, 6) is -1.34. The minimum Gasteiger partial charge on any atom is -0.504 e. The van der Waals surface area contributed by atoms with Crippen LogP contribution >= 0.6 is 0 Å². The molecule has 0 aromatic heterocycles. The third kappa shape index (κ3) is 5.55. The van der Waals surface area contributed by atoms with Crippen molar-refractivity contribution in [3.63, 3.8) is 0 Å². The van der Waals surface area contributed by atoms with Gasteiger partial charge in [-0.25, -0.2) is 9.59 Å². The van der Waals surface area contributed by atoms with E-state index in [1.54, 1.807) is 6.07 Å². The fraction of sp³-hybridized carbons (Fsp3) is 0.333. The molecule has 7 heteroatoms. The average Bonchev–Trinajstić information content (AvgIpc) is 2.51. The number of ether oxygens (including phenoxy) is 2. The van der Waals surface area contributed by atoms with Gasteiger partial charge in [0.15, 0.2) is 11.5 Å². The molecule has 0 fully saturated rings. The maximum Gasteiger partial charge on any atom is 0.338 e. The minimum absolute atomic E-state index is 0.0109. The normalized spacial score (nSPS) is 12.1. The van der Waals surface area contributed by atoms with Crippen LogP contribution < -0.4 is 16.2 Å². The van der Waals surface area contributed by atoms with Crippen LogP contribution in [0.15, 0.2) is 24.3 Å². The van der Waals surface area contributed by atoms with E-state index in [0.717, 1.165) is 6.08 Å². The van der Waals surface area contributed by atoms with Crippen molar-refractivity contribution in [2.24, 2.45) is 11.5 Å². The SMILES string of the molecule is COc1cc(C=CC(=O)OC(=O)[C@H](N)CCCN)ccc1O. The molecule has 0 bridgehead atoms. The van der Waals surface area contributed by atoms with Crippen LogP contribution in [0.4, 0.5) is 0 Å². The number of phenolic OH excluding ortho intramolecular Hbond substituents is 1. The molecule has 0 aliphatic carbocycles. The van der Waals surface area contributed by atoms with Crippen molar-refractivity contribution >= 4 is 18.0 Å². The molecule has 120 valence electrons. The summed E-state index contributed by atoms with van der Waals surface area (Å²) in [5, 5.41) is 9.46. The van der Waals surface area contributed by atoms with Crippen molar-refractivity contribution in [3.05, 3.63) is 29.8 Å². The topological polar surface area (TPSA) is 125 Å². The highest BCUT2D eigenvalue weighted by Crippen LogP contribution is 2.26. The van der Waals surface area contributed by atoms with Crippen LogP contribution in [0, 0.1) is 0 Å². The van der Waals surface area contributed by atoms with E-state index in [-0.39, 0.29) is 11.5 Å². The lowest BCUT2D eigenvalue weighted by atomic mass is 10.2. The van der Waals surface area contributed by atoms with Crippen LogP contribution in [0.5, 0.6) is 11.5 Å². The van der Waals surface area contributed by atoms with Gasteiger partial charge in [0.2, 0.25) is 0 Å². The first kappa shape index (κ1) is 17.7. The number of phenols is 1. The summed E-state index contributed by atoms with van der Waals surface area (Å²) in [6.45, 7) is 0.414. The van der Waals surface area contributed by atoms with Crippen molar-refractivity contribution in [3.8, 4) is 11.5 Å². The molecule has 0 aliphatic rings. The summed E-state index contributed by atoms with van der Waals surface area (Å²) in [6, 6.07) is 3.68. The fourth-order valence-electron chi connectivity index (χ4n) is 1.63. The second-order valence-corrected chi connectivity index (χ2v) is 4.54. The number of benzene rings is 1. The number of esters is 2. The van der Waals surface area contributed by atoms with E-state index in [2.05, 4.69) is 4.74 Å². The zero-order chi connectivity index (χ0) is 16.5. The number of nitrogens with two attached hydrogens (primary N) is 2. The van der Waals surface area contributed by atoms with Crippen LogP contribution in [-0.4, -0.2) is 36.7 Å². The highest BCUT2D eigenvalue weighted by molar-refractivity contribution is 5.96. The van der Waals surface area contributed by atoms with Crippen molar-refractivity contribution in [1.29, 1.82) is 0 Å². The fourth-order valence-corrected chi connectivity index (χ4v) is 1.63. The lowest BCUT2D eigenvalue weighted by Crippen LogP contribution is -2.33. The molecule has 1 rings (SSSR count). The third-order valence-electron chi connectivity index (χ3n) is 2.84. The number of carbonyl (C=O) groups excluding carboxylic acids is 2. The maximum atomic E-state index is 11.5. The molecule has 0 spiro atoms. The Bertz CT molecular complexity index is 557. The minimum atomic E-state index is -0.866. The van der Waals surface area contributed by atoms with Crippen molar-refractivity contribution < 1.29 is 24.2 Å². The van der Waals surface area contributed by atoms with E-state index in [1.807, 2.05) is 0 Å². The Morgan fingerprint density at radius 3 is 2.77 bits per heavy atom. The quantitative estimate of drug-likeness (QED) is 0.381. The molecular weight excluding hydrogens is 288 g/mol. The highest BCUT2D eigenvalue weighted by Gasteiger charge is 2.16. The molecule has 5 N–H and O–H groups in total. The Morgan fingerprint density at radius 2 is 2.14 bits per heavy atom. The summed E-state index contributed by atoms with van der Waals surface area (Å²) in [7, 11) is 1.41. The Balaban J connectivity index is 2.59. The van der Waals surface area contributed by atoms with Crippen LogP contribution in [0.3, 0.4) is 0 Å². The van der Waals surface area contributed by atoms with Crippen LogP contribution in [0.2, 0.25) is 0 Å². The van der Waals surface area contributed by atoms with Gasteiger partial charge in [-0.05, 0) is 43.2 Å².